The first-order chi connectivity index (χ1) is 30.5. The normalized spacial score (nSPS) is 12.4. The molecule has 0 N–H and O–H groups in total. The highest BCUT2D eigenvalue weighted by Gasteiger charge is 2.19. The second kappa shape index (κ2) is 51.0. The fourth-order valence-corrected chi connectivity index (χ4v) is 7.61. The first-order valence-electron chi connectivity index (χ1n) is 26.6. The minimum Gasteiger partial charge on any atom is -0.462 e. The van der Waals surface area contributed by atoms with Crippen LogP contribution in [0.25, 0.3) is 0 Å². The summed E-state index contributed by atoms with van der Waals surface area (Å²) in [6.07, 6.45) is 61.2. The molecule has 0 fully saturated rings. The van der Waals surface area contributed by atoms with Crippen molar-refractivity contribution < 1.29 is 28.6 Å². The van der Waals surface area contributed by atoms with E-state index in [0.717, 1.165) is 83.5 Å². The monoisotopic (exact) mass is 869 g/mol. The Morgan fingerprint density at radius 1 is 0.339 bits per heavy atom. The Bertz CT molecular complexity index is 1090. The molecule has 0 aliphatic heterocycles. The van der Waals surface area contributed by atoms with E-state index in [9.17, 15) is 14.4 Å². The summed E-state index contributed by atoms with van der Waals surface area (Å²) in [5.74, 6) is -0.875. The van der Waals surface area contributed by atoms with Crippen molar-refractivity contribution in [3.05, 3.63) is 48.6 Å². The van der Waals surface area contributed by atoms with E-state index in [1.165, 1.54) is 148 Å². The third-order valence-electron chi connectivity index (χ3n) is 11.6. The summed E-state index contributed by atoms with van der Waals surface area (Å²) >= 11 is 0. The molecule has 0 aromatic rings. The standard InChI is InChI=1S/C56H100O6/c1-4-7-10-13-16-18-20-22-24-25-26-27-28-29-30-31-33-34-36-38-40-43-46-49-55(58)61-52-53(51-60-54(57)48-45-42-15-12-9-6-3)62-56(59)50-47-44-41-39-37-35-32-23-21-19-17-14-11-8-5-2/h7,10,16,18,22,24,26-27,53H,4-6,8-9,11-15,17,19-21,23,25,28-52H2,1-3H3/b10-7-,18-16-,24-22-,27-26-. The molecule has 0 saturated carbocycles. The van der Waals surface area contributed by atoms with Gasteiger partial charge in [-0.3, -0.25) is 14.4 Å². The second-order valence-electron chi connectivity index (χ2n) is 17.8. The van der Waals surface area contributed by atoms with Crippen LogP contribution in [0.2, 0.25) is 0 Å². The molecular formula is C56H100O6. The van der Waals surface area contributed by atoms with Gasteiger partial charge < -0.3 is 14.2 Å². The van der Waals surface area contributed by atoms with Crippen LogP contribution in [0.3, 0.4) is 0 Å². The molecule has 0 aromatic carbocycles. The molecule has 6 nitrogen and oxygen atoms in total. The lowest BCUT2D eigenvalue weighted by Gasteiger charge is -2.18. The maximum Gasteiger partial charge on any atom is 0.306 e. The van der Waals surface area contributed by atoms with Gasteiger partial charge in [-0.2, -0.15) is 0 Å². The maximum absolute atomic E-state index is 12.7. The summed E-state index contributed by atoms with van der Waals surface area (Å²) < 4.78 is 16.7. The van der Waals surface area contributed by atoms with E-state index in [1.807, 2.05) is 0 Å². The van der Waals surface area contributed by atoms with E-state index in [-0.39, 0.29) is 31.1 Å². The average molecular weight is 869 g/mol. The van der Waals surface area contributed by atoms with Crippen molar-refractivity contribution in [2.45, 2.75) is 277 Å². The van der Waals surface area contributed by atoms with Crippen LogP contribution in [0.4, 0.5) is 0 Å². The van der Waals surface area contributed by atoms with Gasteiger partial charge in [0, 0.05) is 19.3 Å². The Kier molecular flexibility index (Phi) is 48.8. The van der Waals surface area contributed by atoms with Gasteiger partial charge in [0.15, 0.2) is 6.10 Å². The van der Waals surface area contributed by atoms with E-state index in [1.54, 1.807) is 0 Å². The molecule has 0 spiro atoms. The molecule has 6 heteroatoms. The molecule has 0 radical (unpaired) electrons. The molecule has 0 rings (SSSR count). The number of hydrogen-bond acceptors (Lipinski definition) is 6. The smallest absolute Gasteiger partial charge is 0.306 e. The SMILES string of the molecule is CC/C=C\C/C=C\C/C=C\C/C=C\CCCCCCCCCCCCC(=O)OCC(COC(=O)CCCCCCCC)OC(=O)CCCCCCCCCCCCCCCCC. The van der Waals surface area contributed by atoms with Crippen LogP contribution >= 0.6 is 0 Å². The molecule has 0 aromatic heterocycles. The molecule has 360 valence electrons. The number of allylic oxidation sites excluding steroid dienone is 8. The van der Waals surface area contributed by atoms with Gasteiger partial charge in [-0.15, -0.1) is 0 Å². The van der Waals surface area contributed by atoms with E-state index in [2.05, 4.69) is 69.4 Å². The molecule has 0 amide bonds. The predicted octanol–water partition coefficient (Wildman–Crippen LogP) is 17.5. The fourth-order valence-electron chi connectivity index (χ4n) is 7.61. The van der Waals surface area contributed by atoms with Crippen molar-refractivity contribution in [1.29, 1.82) is 0 Å². The summed E-state index contributed by atoms with van der Waals surface area (Å²) in [5.41, 5.74) is 0. The second-order valence-corrected chi connectivity index (χ2v) is 17.8. The lowest BCUT2D eigenvalue weighted by molar-refractivity contribution is -0.167. The van der Waals surface area contributed by atoms with Crippen LogP contribution in [0.5, 0.6) is 0 Å². The molecule has 0 saturated heterocycles. The van der Waals surface area contributed by atoms with E-state index >= 15 is 0 Å². The van der Waals surface area contributed by atoms with E-state index in [0.29, 0.717) is 19.3 Å². The summed E-state index contributed by atoms with van der Waals surface area (Å²) in [7, 11) is 0. The summed E-state index contributed by atoms with van der Waals surface area (Å²) in [6.45, 7) is 6.49. The van der Waals surface area contributed by atoms with Crippen molar-refractivity contribution >= 4 is 17.9 Å². The Labute approximate surface area is 384 Å². The molecule has 1 unspecified atom stereocenters. The van der Waals surface area contributed by atoms with E-state index in [4.69, 9.17) is 14.2 Å². The Morgan fingerprint density at radius 2 is 0.629 bits per heavy atom. The van der Waals surface area contributed by atoms with Crippen LogP contribution in [0, 0.1) is 0 Å². The number of rotatable bonds is 48. The van der Waals surface area contributed by atoms with Gasteiger partial charge >= 0.3 is 17.9 Å². The zero-order valence-electron chi connectivity index (χ0n) is 41.1. The van der Waals surface area contributed by atoms with Crippen molar-refractivity contribution in [2.24, 2.45) is 0 Å². The van der Waals surface area contributed by atoms with Crippen molar-refractivity contribution in [3.63, 3.8) is 0 Å². The van der Waals surface area contributed by atoms with Gasteiger partial charge in [0.25, 0.3) is 0 Å². The quantitative estimate of drug-likeness (QED) is 0.0262. The molecule has 0 heterocycles. The Balaban J connectivity index is 4.14. The summed E-state index contributed by atoms with van der Waals surface area (Å²) in [4.78, 5) is 37.8. The molecule has 62 heavy (non-hydrogen) atoms. The zero-order valence-corrected chi connectivity index (χ0v) is 41.1. The third-order valence-corrected chi connectivity index (χ3v) is 11.6. The van der Waals surface area contributed by atoms with Gasteiger partial charge in [0.1, 0.15) is 13.2 Å². The number of hydrogen-bond donors (Lipinski definition) is 0. The van der Waals surface area contributed by atoms with Crippen LogP contribution in [-0.2, 0) is 28.6 Å². The minimum atomic E-state index is -0.768. The largest absolute Gasteiger partial charge is 0.462 e. The minimum absolute atomic E-state index is 0.0716. The first-order valence-corrected chi connectivity index (χ1v) is 26.6. The van der Waals surface area contributed by atoms with Crippen LogP contribution in [0.15, 0.2) is 48.6 Å². The maximum atomic E-state index is 12.7. The van der Waals surface area contributed by atoms with Gasteiger partial charge in [0.05, 0.1) is 0 Å². The third kappa shape index (κ3) is 48.4. The van der Waals surface area contributed by atoms with E-state index < -0.39 is 6.10 Å². The topological polar surface area (TPSA) is 78.9 Å². The zero-order chi connectivity index (χ0) is 45.1. The van der Waals surface area contributed by atoms with Crippen LogP contribution in [0.1, 0.15) is 271 Å². The van der Waals surface area contributed by atoms with Crippen LogP contribution < -0.4 is 0 Å². The van der Waals surface area contributed by atoms with Crippen molar-refractivity contribution in [3.8, 4) is 0 Å². The molecule has 0 aliphatic rings. The Morgan fingerprint density at radius 3 is 0.984 bits per heavy atom. The Hall–Kier alpha value is -2.63. The highest BCUT2D eigenvalue weighted by Crippen LogP contribution is 2.16. The number of esters is 3. The van der Waals surface area contributed by atoms with Gasteiger partial charge in [-0.1, -0.05) is 243 Å². The number of ether oxygens (including phenoxy) is 3. The van der Waals surface area contributed by atoms with Gasteiger partial charge in [-0.25, -0.2) is 0 Å². The lowest BCUT2D eigenvalue weighted by Crippen LogP contribution is -2.30. The predicted molar refractivity (Wildman–Crippen MR) is 265 cm³/mol. The number of carbonyl (C=O) groups excluding carboxylic acids is 3. The number of carbonyl (C=O) groups is 3. The van der Waals surface area contributed by atoms with Crippen molar-refractivity contribution in [2.75, 3.05) is 13.2 Å². The summed E-state index contributed by atoms with van der Waals surface area (Å²) in [5, 5.41) is 0. The first kappa shape index (κ1) is 59.4. The number of unbranched alkanes of at least 4 members (excludes halogenated alkanes) is 29. The summed E-state index contributed by atoms with van der Waals surface area (Å²) in [6, 6.07) is 0. The molecular weight excluding hydrogens is 769 g/mol. The lowest BCUT2D eigenvalue weighted by atomic mass is 10.0. The highest BCUT2D eigenvalue weighted by atomic mass is 16.6. The molecule has 1 atom stereocenters. The van der Waals surface area contributed by atoms with Crippen molar-refractivity contribution in [1.82, 2.24) is 0 Å². The van der Waals surface area contributed by atoms with Gasteiger partial charge in [-0.05, 0) is 57.8 Å². The van der Waals surface area contributed by atoms with Crippen LogP contribution in [-0.4, -0.2) is 37.2 Å². The average Bonchev–Trinajstić information content (AvgIpc) is 3.27. The van der Waals surface area contributed by atoms with Gasteiger partial charge in [0.2, 0.25) is 0 Å². The fraction of sp³-hybridized carbons (Fsp3) is 0.804. The molecule has 0 aliphatic carbocycles. The highest BCUT2D eigenvalue weighted by molar-refractivity contribution is 5.71. The molecule has 0 bridgehead atoms.